The maximum Gasteiger partial charge on any atom is 0.265 e. The van der Waals surface area contributed by atoms with Gasteiger partial charge in [-0.25, -0.2) is 0 Å². The van der Waals surface area contributed by atoms with Crippen molar-refractivity contribution in [3.63, 3.8) is 0 Å². The van der Waals surface area contributed by atoms with E-state index in [0.29, 0.717) is 32.9 Å². The normalized spacial score (nSPS) is 12.4. The first-order valence-electron chi connectivity index (χ1n) is 7.79. The predicted octanol–water partition coefficient (Wildman–Crippen LogP) is -0.311. The fourth-order valence-electron chi connectivity index (χ4n) is 1.97. The van der Waals surface area contributed by atoms with E-state index in [4.69, 9.17) is 20.0 Å². The van der Waals surface area contributed by atoms with E-state index < -0.39 is 5.91 Å². The van der Waals surface area contributed by atoms with Crippen LogP contribution in [0.25, 0.3) is 0 Å². The SMILES string of the molecule is CCON(CCC[SiH3])C(CNCCN)(OCC)OCC. The van der Waals surface area contributed by atoms with Crippen LogP contribution in [0.15, 0.2) is 0 Å². The Balaban J connectivity index is 4.93. The van der Waals surface area contributed by atoms with Crippen LogP contribution in [0.3, 0.4) is 0 Å². The Kier molecular flexibility index (Phi) is 12.7. The molecule has 0 saturated heterocycles. The van der Waals surface area contributed by atoms with Crippen molar-refractivity contribution >= 4 is 10.2 Å². The average molecular weight is 308 g/mol. The number of hydrogen-bond donors (Lipinski definition) is 2. The first kappa shape index (κ1) is 20.0. The number of hydroxylamine groups is 2. The molecule has 0 aliphatic carbocycles. The standard InChI is InChI=1S/C13H33N3O3Si/c1-4-17-13(18-5-2,12-15-9-8-14)16(19-6-3)10-7-11-20/h15H,4-12,14H2,1-3,20H3. The molecular weight excluding hydrogens is 274 g/mol. The molecule has 0 aliphatic heterocycles. The maximum absolute atomic E-state index is 5.92. The highest BCUT2D eigenvalue weighted by molar-refractivity contribution is 6.08. The molecule has 0 aromatic carbocycles. The third-order valence-corrected chi connectivity index (χ3v) is 3.50. The zero-order chi connectivity index (χ0) is 15.3. The van der Waals surface area contributed by atoms with Crippen molar-refractivity contribution in [1.82, 2.24) is 10.4 Å². The van der Waals surface area contributed by atoms with Crippen LogP contribution < -0.4 is 11.1 Å². The second-order valence-electron chi connectivity index (χ2n) is 4.42. The molecule has 3 N–H and O–H groups in total. The summed E-state index contributed by atoms with van der Waals surface area (Å²) in [6.45, 7) is 10.3. The first-order valence-corrected chi connectivity index (χ1v) is 9.21. The van der Waals surface area contributed by atoms with Gasteiger partial charge in [0.1, 0.15) is 0 Å². The summed E-state index contributed by atoms with van der Waals surface area (Å²) in [6.07, 6.45) is 1.09. The Morgan fingerprint density at radius 1 is 1.15 bits per heavy atom. The Hall–Kier alpha value is -0.0231. The van der Waals surface area contributed by atoms with Gasteiger partial charge in [-0.3, -0.25) is 4.84 Å². The van der Waals surface area contributed by atoms with E-state index in [0.717, 1.165) is 19.5 Å². The van der Waals surface area contributed by atoms with E-state index in [2.05, 4.69) is 5.32 Å². The molecule has 0 aliphatic rings. The maximum atomic E-state index is 5.92. The molecule has 0 radical (unpaired) electrons. The lowest BCUT2D eigenvalue weighted by Gasteiger charge is -2.41. The molecule has 0 spiro atoms. The minimum absolute atomic E-state index is 0.535. The van der Waals surface area contributed by atoms with E-state index in [9.17, 15) is 0 Å². The third-order valence-electron chi connectivity index (χ3n) is 2.79. The summed E-state index contributed by atoms with van der Waals surface area (Å²) in [5.74, 6) is -0.870. The number of nitrogens with two attached hydrogens (primary N) is 1. The summed E-state index contributed by atoms with van der Waals surface area (Å²) < 4.78 is 11.8. The van der Waals surface area contributed by atoms with Gasteiger partial charge in [-0.05, 0) is 27.2 Å². The summed E-state index contributed by atoms with van der Waals surface area (Å²) in [5, 5.41) is 5.12. The highest BCUT2D eigenvalue weighted by Gasteiger charge is 2.39. The molecule has 0 aromatic heterocycles. The van der Waals surface area contributed by atoms with Crippen LogP contribution in [0.4, 0.5) is 0 Å². The Morgan fingerprint density at radius 3 is 2.25 bits per heavy atom. The number of rotatable bonds is 14. The van der Waals surface area contributed by atoms with Crippen LogP contribution in [0, 0.1) is 0 Å². The predicted molar refractivity (Wildman–Crippen MR) is 85.6 cm³/mol. The van der Waals surface area contributed by atoms with Crippen molar-refractivity contribution in [1.29, 1.82) is 0 Å². The second kappa shape index (κ2) is 12.7. The molecule has 0 fully saturated rings. The van der Waals surface area contributed by atoms with Gasteiger partial charge in [0.25, 0.3) is 5.91 Å². The van der Waals surface area contributed by atoms with Crippen LogP contribution in [0.2, 0.25) is 6.04 Å². The van der Waals surface area contributed by atoms with E-state index in [1.807, 2.05) is 25.8 Å². The highest BCUT2D eigenvalue weighted by atomic mass is 28.1. The lowest BCUT2D eigenvalue weighted by molar-refractivity contribution is -0.403. The van der Waals surface area contributed by atoms with Gasteiger partial charge in [-0.1, -0.05) is 6.04 Å². The van der Waals surface area contributed by atoms with E-state index >= 15 is 0 Å². The molecule has 0 atom stereocenters. The smallest absolute Gasteiger partial charge is 0.265 e. The molecule has 7 heteroatoms. The summed E-state index contributed by atoms with van der Waals surface area (Å²) in [4.78, 5) is 5.77. The van der Waals surface area contributed by atoms with E-state index in [-0.39, 0.29) is 0 Å². The van der Waals surface area contributed by atoms with Gasteiger partial charge >= 0.3 is 0 Å². The molecule has 0 rings (SSSR count). The molecular formula is C13H33N3O3Si. The minimum Gasteiger partial charge on any atom is -0.335 e. The zero-order valence-electron chi connectivity index (χ0n) is 13.6. The van der Waals surface area contributed by atoms with Gasteiger partial charge in [-0.2, -0.15) is 0 Å². The molecule has 0 aromatic rings. The van der Waals surface area contributed by atoms with Crippen LogP contribution in [-0.4, -0.2) is 67.2 Å². The van der Waals surface area contributed by atoms with Crippen molar-refractivity contribution in [2.45, 2.75) is 39.1 Å². The van der Waals surface area contributed by atoms with E-state index in [1.54, 1.807) is 0 Å². The van der Waals surface area contributed by atoms with Crippen molar-refractivity contribution in [2.75, 3.05) is 46.0 Å². The second-order valence-corrected chi connectivity index (χ2v) is 5.42. The van der Waals surface area contributed by atoms with Gasteiger partial charge in [0.15, 0.2) is 0 Å². The van der Waals surface area contributed by atoms with Gasteiger partial charge in [0, 0.05) is 43.1 Å². The van der Waals surface area contributed by atoms with Crippen LogP contribution >= 0.6 is 0 Å². The third kappa shape index (κ3) is 7.12. The zero-order valence-corrected chi connectivity index (χ0v) is 15.6. The number of hydrogen-bond acceptors (Lipinski definition) is 6. The highest BCUT2D eigenvalue weighted by Crippen LogP contribution is 2.20. The Bertz CT molecular complexity index is 217. The summed E-state index contributed by atoms with van der Waals surface area (Å²) >= 11 is 0. The van der Waals surface area contributed by atoms with Gasteiger partial charge < -0.3 is 20.5 Å². The fourth-order valence-corrected chi connectivity index (χ4v) is 2.28. The molecule has 0 heterocycles. The topological polar surface area (TPSA) is 69.0 Å². The summed E-state index contributed by atoms with van der Waals surface area (Å²) in [5.41, 5.74) is 5.54. The van der Waals surface area contributed by atoms with Crippen LogP contribution in [0.1, 0.15) is 27.2 Å². The largest absolute Gasteiger partial charge is 0.335 e. The summed E-state index contributed by atoms with van der Waals surface area (Å²) in [7, 11) is 1.20. The molecule has 122 valence electrons. The quantitative estimate of drug-likeness (QED) is 0.199. The molecule has 6 nitrogen and oxygen atoms in total. The van der Waals surface area contributed by atoms with Crippen molar-refractivity contribution in [3.05, 3.63) is 0 Å². The lowest BCUT2D eigenvalue weighted by atomic mass is 10.3. The van der Waals surface area contributed by atoms with Gasteiger partial charge in [0.05, 0.1) is 13.2 Å². The number of nitrogens with zero attached hydrogens (tertiary/aromatic N) is 1. The summed E-state index contributed by atoms with van der Waals surface area (Å²) in [6, 6.07) is 1.23. The fraction of sp³-hybridized carbons (Fsp3) is 1.00. The van der Waals surface area contributed by atoms with Crippen molar-refractivity contribution in [3.8, 4) is 0 Å². The number of nitrogens with one attached hydrogen (secondary N) is 1. The van der Waals surface area contributed by atoms with Crippen molar-refractivity contribution in [2.24, 2.45) is 5.73 Å². The van der Waals surface area contributed by atoms with Crippen LogP contribution in [0.5, 0.6) is 0 Å². The van der Waals surface area contributed by atoms with Crippen molar-refractivity contribution < 1.29 is 14.3 Å². The minimum atomic E-state index is -0.870. The molecule has 0 bridgehead atoms. The molecule has 0 amide bonds. The van der Waals surface area contributed by atoms with Crippen LogP contribution in [-0.2, 0) is 14.3 Å². The lowest BCUT2D eigenvalue weighted by Crippen LogP contribution is -2.59. The molecule has 0 saturated carbocycles. The molecule has 20 heavy (non-hydrogen) atoms. The molecule has 0 unspecified atom stereocenters. The first-order chi connectivity index (χ1) is 9.70. The number of ether oxygens (including phenoxy) is 2. The monoisotopic (exact) mass is 307 g/mol. The van der Waals surface area contributed by atoms with E-state index in [1.165, 1.54) is 16.3 Å². The Morgan fingerprint density at radius 2 is 1.80 bits per heavy atom. The van der Waals surface area contributed by atoms with Gasteiger partial charge in [0.2, 0.25) is 0 Å². The van der Waals surface area contributed by atoms with Gasteiger partial charge in [-0.15, -0.1) is 5.06 Å². The Labute approximate surface area is 126 Å². The average Bonchev–Trinajstić information content (AvgIpc) is 2.44.